The number of hydrogen-bond acceptors (Lipinski definition) is 3. The zero-order valence-electron chi connectivity index (χ0n) is 12.4. The van der Waals surface area contributed by atoms with Gasteiger partial charge in [0.25, 0.3) is 5.91 Å². The van der Waals surface area contributed by atoms with Gasteiger partial charge in [0.2, 0.25) is 0 Å². The highest BCUT2D eigenvalue weighted by Crippen LogP contribution is 2.26. The molecule has 0 aliphatic carbocycles. The van der Waals surface area contributed by atoms with Gasteiger partial charge in [-0.25, -0.2) is 0 Å². The Morgan fingerprint density at radius 3 is 2.91 bits per heavy atom. The van der Waals surface area contributed by atoms with E-state index in [0.29, 0.717) is 17.9 Å². The van der Waals surface area contributed by atoms with Crippen LogP contribution in [0.2, 0.25) is 0 Å². The summed E-state index contributed by atoms with van der Waals surface area (Å²) in [5, 5.41) is 9.98. The summed E-state index contributed by atoms with van der Waals surface area (Å²) >= 11 is 1.71. The molecule has 1 aliphatic heterocycles. The van der Waals surface area contributed by atoms with E-state index in [0.717, 1.165) is 16.7 Å². The van der Waals surface area contributed by atoms with Crippen LogP contribution in [0.15, 0.2) is 30.5 Å². The van der Waals surface area contributed by atoms with Crippen LogP contribution >= 0.6 is 11.8 Å². The summed E-state index contributed by atoms with van der Waals surface area (Å²) in [6.45, 7) is 0.602. The number of amides is 1. The fourth-order valence-electron chi connectivity index (χ4n) is 2.96. The Bertz CT molecular complexity index is 725. The van der Waals surface area contributed by atoms with Gasteiger partial charge in [0.15, 0.2) is 0 Å². The number of hydrogen-bond donors (Lipinski definition) is 1. The van der Waals surface area contributed by atoms with Gasteiger partial charge in [-0.05, 0) is 6.07 Å². The Hall–Kier alpha value is -1.95. The van der Waals surface area contributed by atoms with Gasteiger partial charge >= 0.3 is 5.97 Å². The molecule has 2 aromatic rings. The maximum Gasteiger partial charge on any atom is 0.305 e. The molecule has 1 fully saturated rings. The van der Waals surface area contributed by atoms with E-state index in [9.17, 15) is 9.59 Å². The Balaban J connectivity index is 1.95. The van der Waals surface area contributed by atoms with Crippen LogP contribution in [0, 0.1) is 0 Å². The van der Waals surface area contributed by atoms with Gasteiger partial charge in [-0.2, -0.15) is 11.8 Å². The highest BCUT2D eigenvalue weighted by atomic mass is 32.2. The van der Waals surface area contributed by atoms with Crippen molar-refractivity contribution in [2.24, 2.45) is 7.05 Å². The van der Waals surface area contributed by atoms with Gasteiger partial charge in [-0.1, -0.05) is 18.2 Å². The van der Waals surface area contributed by atoms with Crippen molar-refractivity contribution in [2.45, 2.75) is 12.5 Å². The molecule has 6 heteroatoms. The predicted molar refractivity (Wildman–Crippen MR) is 87.3 cm³/mol. The lowest BCUT2D eigenvalue weighted by molar-refractivity contribution is -0.138. The maximum atomic E-state index is 12.9. The molecule has 1 amide bonds. The molecule has 1 aliphatic rings. The van der Waals surface area contributed by atoms with Gasteiger partial charge < -0.3 is 14.6 Å². The number of nitrogens with zero attached hydrogens (tertiary/aromatic N) is 2. The number of aliphatic carboxylic acids is 1. The number of carboxylic acids is 1. The second-order valence-electron chi connectivity index (χ2n) is 5.50. The first-order valence-corrected chi connectivity index (χ1v) is 8.38. The Labute approximate surface area is 132 Å². The molecule has 116 valence electrons. The van der Waals surface area contributed by atoms with Gasteiger partial charge in [-0.3, -0.25) is 9.59 Å². The minimum atomic E-state index is -0.858. The number of carbonyl (C=O) groups excluding carboxylic acids is 1. The number of thioether (sulfide) groups is 1. The first-order chi connectivity index (χ1) is 10.6. The molecule has 0 saturated carbocycles. The molecule has 5 nitrogen and oxygen atoms in total. The molecule has 22 heavy (non-hydrogen) atoms. The van der Waals surface area contributed by atoms with E-state index in [2.05, 4.69) is 0 Å². The van der Waals surface area contributed by atoms with E-state index in [4.69, 9.17) is 5.11 Å². The number of aromatic nitrogens is 1. The van der Waals surface area contributed by atoms with Crippen molar-refractivity contribution in [1.29, 1.82) is 0 Å². The minimum absolute atomic E-state index is 0.00348. The van der Waals surface area contributed by atoms with E-state index in [1.807, 2.05) is 42.1 Å². The Morgan fingerprint density at radius 1 is 1.36 bits per heavy atom. The van der Waals surface area contributed by atoms with Crippen molar-refractivity contribution >= 4 is 34.5 Å². The molecular formula is C16H18N2O3S. The number of para-hydroxylation sites is 1. The Kier molecular flexibility index (Phi) is 4.11. The summed E-state index contributed by atoms with van der Waals surface area (Å²) in [5.74, 6) is 0.613. The summed E-state index contributed by atoms with van der Waals surface area (Å²) in [4.78, 5) is 25.7. The van der Waals surface area contributed by atoms with Crippen molar-refractivity contribution < 1.29 is 14.7 Å². The number of benzene rings is 1. The van der Waals surface area contributed by atoms with Gasteiger partial charge in [-0.15, -0.1) is 0 Å². The maximum absolute atomic E-state index is 12.9. The lowest BCUT2D eigenvalue weighted by atomic mass is 10.1. The summed E-state index contributed by atoms with van der Waals surface area (Å²) < 4.78 is 1.94. The van der Waals surface area contributed by atoms with E-state index >= 15 is 0 Å². The van der Waals surface area contributed by atoms with Gasteiger partial charge in [0.1, 0.15) is 0 Å². The topological polar surface area (TPSA) is 62.5 Å². The van der Waals surface area contributed by atoms with Crippen LogP contribution in [-0.2, 0) is 11.8 Å². The molecule has 0 spiro atoms. The number of carboxylic acid groups (broad SMARTS) is 1. The van der Waals surface area contributed by atoms with Crippen molar-refractivity contribution in [1.82, 2.24) is 9.47 Å². The summed E-state index contributed by atoms with van der Waals surface area (Å²) in [7, 11) is 1.92. The second kappa shape index (κ2) is 6.04. The number of fused-ring (bicyclic) bond motifs is 1. The fraction of sp³-hybridized carbons (Fsp3) is 0.375. The van der Waals surface area contributed by atoms with E-state index in [1.54, 1.807) is 16.7 Å². The van der Waals surface area contributed by atoms with Crippen LogP contribution in [0.3, 0.4) is 0 Å². The second-order valence-corrected chi connectivity index (χ2v) is 6.65. The third-order valence-corrected chi connectivity index (χ3v) is 5.12. The van der Waals surface area contributed by atoms with E-state index in [1.165, 1.54) is 0 Å². The molecule has 0 bridgehead atoms. The summed E-state index contributed by atoms with van der Waals surface area (Å²) in [6.07, 6.45) is 1.84. The minimum Gasteiger partial charge on any atom is -0.481 e. The third-order valence-electron chi connectivity index (χ3n) is 4.03. The number of rotatable bonds is 3. The van der Waals surface area contributed by atoms with Crippen LogP contribution in [0.25, 0.3) is 10.9 Å². The van der Waals surface area contributed by atoms with E-state index in [-0.39, 0.29) is 18.4 Å². The van der Waals surface area contributed by atoms with Gasteiger partial charge in [0.05, 0.1) is 18.0 Å². The quantitative estimate of drug-likeness (QED) is 0.942. The normalized spacial score (nSPS) is 18.6. The monoisotopic (exact) mass is 318 g/mol. The van der Waals surface area contributed by atoms with Crippen LogP contribution in [0.4, 0.5) is 0 Å². The molecule has 0 radical (unpaired) electrons. The van der Waals surface area contributed by atoms with Crippen molar-refractivity contribution in [2.75, 3.05) is 18.1 Å². The average Bonchev–Trinajstić information content (AvgIpc) is 2.84. The van der Waals surface area contributed by atoms with Gasteiger partial charge in [0, 0.05) is 42.2 Å². The highest BCUT2D eigenvalue weighted by molar-refractivity contribution is 7.99. The van der Waals surface area contributed by atoms with Crippen molar-refractivity contribution in [3.63, 3.8) is 0 Å². The molecule has 1 aromatic carbocycles. The summed E-state index contributed by atoms with van der Waals surface area (Å²) in [6, 6.07) is 7.55. The number of aryl methyl sites for hydroxylation is 1. The zero-order valence-corrected chi connectivity index (χ0v) is 13.2. The molecule has 1 aromatic heterocycles. The molecule has 3 rings (SSSR count). The lowest BCUT2D eigenvalue weighted by Gasteiger charge is -2.34. The highest BCUT2D eigenvalue weighted by Gasteiger charge is 2.30. The molecule has 1 unspecified atom stereocenters. The van der Waals surface area contributed by atoms with E-state index < -0.39 is 5.97 Å². The Morgan fingerprint density at radius 2 is 2.14 bits per heavy atom. The lowest BCUT2D eigenvalue weighted by Crippen LogP contribution is -2.47. The van der Waals surface area contributed by atoms with Crippen molar-refractivity contribution in [3.8, 4) is 0 Å². The fourth-order valence-corrected chi connectivity index (χ4v) is 4.02. The molecule has 2 heterocycles. The molecule has 1 N–H and O–H groups in total. The largest absolute Gasteiger partial charge is 0.481 e. The SMILES string of the molecule is Cn1cc(C(=O)N2CCSCC2CC(=O)O)c2ccccc21. The first kappa shape index (κ1) is 15.0. The third kappa shape index (κ3) is 2.70. The smallest absolute Gasteiger partial charge is 0.305 e. The zero-order chi connectivity index (χ0) is 15.7. The first-order valence-electron chi connectivity index (χ1n) is 7.22. The molecule has 1 saturated heterocycles. The predicted octanol–water partition coefficient (Wildman–Crippen LogP) is 2.21. The average molecular weight is 318 g/mol. The molecular weight excluding hydrogens is 300 g/mol. The number of carbonyl (C=O) groups is 2. The van der Waals surface area contributed by atoms with Crippen LogP contribution in [0.1, 0.15) is 16.8 Å². The molecule has 1 atom stereocenters. The van der Waals surface area contributed by atoms with Crippen LogP contribution in [-0.4, -0.2) is 50.5 Å². The van der Waals surface area contributed by atoms with Crippen LogP contribution < -0.4 is 0 Å². The standard InChI is InChI=1S/C16H18N2O3S/c1-17-9-13(12-4-2-3-5-14(12)17)16(21)18-6-7-22-10-11(18)8-15(19)20/h2-5,9,11H,6-8,10H2,1H3,(H,19,20). The van der Waals surface area contributed by atoms with Crippen molar-refractivity contribution in [3.05, 3.63) is 36.0 Å². The summed E-state index contributed by atoms with van der Waals surface area (Å²) in [5.41, 5.74) is 1.66. The van der Waals surface area contributed by atoms with Crippen LogP contribution in [0.5, 0.6) is 0 Å².